The minimum Gasteiger partial charge on any atom is -0.322 e. The quantitative estimate of drug-likeness (QED) is 0.571. The van der Waals surface area contributed by atoms with E-state index >= 15 is 0 Å². The van der Waals surface area contributed by atoms with Gasteiger partial charge in [-0.05, 0) is 49.8 Å². The maximum atomic E-state index is 12.9. The Labute approximate surface area is 179 Å². The second-order valence-electron chi connectivity index (χ2n) is 6.32. The summed E-state index contributed by atoms with van der Waals surface area (Å²) in [4.78, 5) is 20.4. The Bertz CT molecular complexity index is 1210. The molecule has 0 aliphatic heterocycles. The summed E-state index contributed by atoms with van der Waals surface area (Å²) in [6.45, 7) is 1.61. The maximum absolute atomic E-state index is 12.9. The number of halogens is 3. The number of anilines is 1. The molecule has 164 valence electrons. The normalized spacial score (nSPS) is 12.0. The van der Waals surface area contributed by atoms with Crippen LogP contribution in [0.2, 0.25) is 0 Å². The molecule has 2 aromatic heterocycles. The van der Waals surface area contributed by atoms with E-state index in [1.165, 1.54) is 37.5 Å². The van der Waals surface area contributed by atoms with E-state index in [4.69, 9.17) is 0 Å². The summed E-state index contributed by atoms with van der Waals surface area (Å²) < 4.78 is 68.5. The Morgan fingerprint density at radius 3 is 2.45 bits per heavy atom. The first kappa shape index (κ1) is 22.8. The average Bonchev–Trinajstić information content (AvgIpc) is 3.08. The van der Waals surface area contributed by atoms with E-state index in [2.05, 4.69) is 24.4 Å². The van der Waals surface area contributed by atoms with E-state index in [0.29, 0.717) is 22.5 Å². The van der Waals surface area contributed by atoms with Crippen LogP contribution in [-0.2, 0) is 22.6 Å². The number of benzene rings is 1. The van der Waals surface area contributed by atoms with Gasteiger partial charge in [0.1, 0.15) is 0 Å². The number of aromatic nitrogens is 3. The molecule has 0 bridgehead atoms. The minimum atomic E-state index is -4.63. The van der Waals surface area contributed by atoms with Crippen molar-refractivity contribution in [3.63, 3.8) is 0 Å². The molecule has 0 spiro atoms. The van der Waals surface area contributed by atoms with Gasteiger partial charge in [0.05, 0.1) is 28.0 Å². The third kappa shape index (κ3) is 5.24. The SMILES string of the molecule is CNS(=O)(=O)c1ccc(NC(=O)c2c(C)nsc2Cc2cncc(C(F)(F)F)n2)cc1. The van der Waals surface area contributed by atoms with Crippen LogP contribution in [0.1, 0.15) is 32.3 Å². The molecule has 2 heterocycles. The molecule has 0 saturated carbocycles. The van der Waals surface area contributed by atoms with Gasteiger partial charge in [-0.25, -0.2) is 18.1 Å². The molecular formula is C18H16F3N5O3S2. The van der Waals surface area contributed by atoms with Crippen molar-refractivity contribution in [2.75, 3.05) is 12.4 Å². The predicted octanol–water partition coefficient (Wildman–Crippen LogP) is 3.01. The maximum Gasteiger partial charge on any atom is 0.434 e. The van der Waals surface area contributed by atoms with E-state index in [9.17, 15) is 26.4 Å². The predicted molar refractivity (Wildman–Crippen MR) is 107 cm³/mol. The van der Waals surface area contributed by atoms with Crippen molar-refractivity contribution in [3.8, 4) is 0 Å². The van der Waals surface area contributed by atoms with Crippen molar-refractivity contribution in [1.82, 2.24) is 19.1 Å². The summed E-state index contributed by atoms with van der Waals surface area (Å²) in [5.41, 5.74) is -0.0959. The fraction of sp³-hybridized carbons (Fsp3) is 0.222. The highest BCUT2D eigenvalue weighted by Crippen LogP contribution is 2.28. The zero-order chi connectivity index (χ0) is 22.8. The van der Waals surface area contributed by atoms with Crippen molar-refractivity contribution >= 4 is 33.2 Å². The van der Waals surface area contributed by atoms with Gasteiger partial charge in [0.15, 0.2) is 5.69 Å². The van der Waals surface area contributed by atoms with Crippen LogP contribution in [0.4, 0.5) is 18.9 Å². The summed E-state index contributed by atoms with van der Waals surface area (Å²) in [5, 5.41) is 2.64. The molecule has 1 amide bonds. The molecule has 8 nitrogen and oxygen atoms in total. The summed E-state index contributed by atoms with van der Waals surface area (Å²) in [5.74, 6) is -0.523. The van der Waals surface area contributed by atoms with Gasteiger partial charge in [-0.3, -0.25) is 9.78 Å². The zero-order valence-electron chi connectivity index (χ0n) is 16.2. The van der Waals surface area contributed by atoms with E-state index in [1.807, 2.05) is 0 Å². The number of nitrogens with one attached hydrogen (secondary N) is 2. The second kappa shape index (κ2) is 8.69. The van der Waals surface area contributed by atoms with Crippen molar-refractivity contribution in [1.29, 1.82) is 0 Å². The molecule has 0 fully saturated rings. The number of carbonyl (C=O) groups is 1. The Morgan fingerprint density at radius 1 is 1.16 bits per heavy atom. The molecule has 13 heteroatoms. The molecule has 0 saturated heterocycles. The van der Waals surface area contributed by atoms with Crippen molar-refractivity contribution in [2.45, 2.75) is 24.4 Å². The number of hydrogen-bond acceptors (Lipinski definition) is 7. The van der Waals surface area contributed by atoms with Gasteiger partial charge in [0, 0.05) is 23.2 Å². The highest BCUT2D eigenvalue weighted by molar-refractivity contribution is 7.89. The van der Waals surface area contributed by atoms with E-state index < -0.39 is 27.8 Å². The third-order valence-corrected chi connectivity index (χ3v) is 6.53. The third-order valence-electron chi connectivity index (χ3n) is 4.17. The van der Waals surface area contributed by atoms with Crippen LogP contribution in [0.3, 0.4) is 0 Å². The van der Waals surface area contributed by atoms with E-state index in [0.717, 1.165) is 11.5 Å². The standard InChI is InChI=1S/C18H16F3N5O3S2/c1-10-16(17(27)25-11-3-5-13(6-4-11)31(28,29)22-2)14(30-26-10)7-12-8-23-9-15(24-12)18(19,20)21/h3-6,8-9,22H,7H2,1-2H3,(H,25,27). The van der Waals surface area contributed by atoms with Crippen LogP contribution in [0.5, 0.6) is 0 Å². The van der Waals surface area contributed by atoms with Crippen LogP contribution < -0.4 is 10.0 Å². The second-order valence-corrected chi connectivity index (χ2v) is 9.07. The number of nitrogens with zero attached hydrogens (tertiary/aromatic N) is 3. The number of hydrogen-bond donors (Lipinski definition) is 2. The number of rotatable bonds is 6. The van der Waals surface area contributed by atoms with Crippen LogP contribution >= 0.6 is 11.5 Å². The number of alkyl halides is 3. The molecule has 3 rings (SSSR count). The Morgan fingerprint density at radius 2 is 1.84 bits per heavy atom. The Kier molecular flexibility index (Phi) is 6.38. The van der Waals surface area contributed by atoms with Gasteiger partial charge in [-0.1, -0.05) is 0 Å². The van der Waals surface area contributed by atoms with Gasteiger partial charge < -0.3 is 5.32 Å². The summed E-state index contributed by atoms with van der Waals surface area (Å²) >= 11 is 0.985. The highest BCUT2D eigenvalue weighted by atomic mass is 32.2. The van der Waals surface area contributed by atoms with Gasteiger partial charge in [0.2, 0.25) is 10.0 Å². The van der Waals surface area contributed by atoms with Crippen LogP contribution in [0, 0.1) is 6.92 Å². The van der Waals surface area contributed by atoms with Gasteiger partial charge >= 0.3 is 6.18 Å². The van der Waals surface area contributed by atoms with Crippen LogP contribution in [0.25, 0.3) is 0 Å². The lowest BCUT2D eigenvalue weighted by atomic mass is 10.1. The highest BCUT2D eigenvalue weighted by Gasteiger charge is 2.33. The Hall–Kier alpha value is -2.90. The average molecular weight is 471 g/mol. The molecular weight excluding hydrogens is 455 g/mol. The lowest BCUT2D eigenvalue weighted by molar-refractivity contribution is -0.141. The minimum absolute atomic E-state index is 0.0326. The van der Waals surface area contributed by atoms with Crippen molar-refractivity contribution in [2.24, 2.45) is 0 Å². The van der Waals surface area contributed by atoms with Gasteiger partial charge in [0.25, 0.3) is 5.91 Å². The topological polar surface area (TPSA) is 114 Å². The van der Waals surface area contributed by atoms with E-state index in [1.54, 1.807) is 6.92 Å². The monoisotopic (exact) mass is 471 g/mol. The number of amides is 1. The summed E-state index contributed by atoms with van der Waals surface area (Å²) in [6.07, 6.45) is -2.84. The largest absolute Gasteiger partial charge is 0.434 e. The fourth-order valence-corrected chi connectivity index (χ4v) is 4.26. The molecule has 1 aromatic carbocycles. The van der Waals surface area contributed by atoms with Gasteiger partial charge in [-0.2, -0.15) is 17.5 Å². The number of sulfonamides is 1. The molecule has 3 aromatic rings. The number of aryl methyl sites for hydroxylation is 1. The zero-order valence-corrected chi connectivity index (χ0v) is 17.8. The summed E-state index contributed by atoms with van der Waals surface area (Å²) in [6, 6.07) is 5.52. The molecule has 0 aliphatic carbocycles. The molecule has 2 N–H and O–H groups in total. The summed E-state index contributed by atoms with van der Waals surface area (Å²) in [7, 11) is -2.33. The Balaban J connectivity index is 1.82. The number of carbonyl (C=O) groups excluding carboxylic acids is 1. The van der Waals surface area contributed by atoms with Crippen LogP contribution in [0.15, 0.2) is 41.6 Å². The van der Waals surface area contributed by atoms with Crippen molar-refractivity contribution in [3.05, 3.63) is 64.2 Å². The lowest BCUT2D eigenvalue weighted by Crippen LogP contribution is -2.18. The molecule has 0 aliphatic rings. The molecule has 0 radical (unpaired) electrons. The first-order chi connectivity index (χ1) is 14.5. The smallest absolute Gasteiger partial charge is 0.322 e. The van der Waals surface area contributed by atoms with Gasteiger partial charge in [-0.15, -0.1) is 0 Å². The van der Waals surface area contributed by atoms with Crippen molar-refractivity contribution < 1.29 is 26.4 Å². The first-order valence-corrected chi connectivity index (χ1v) is 10.9. The lowest BCUT2D eigenvalue weighted by Gasteiger charge is -2.09. The van der Waals surface area contributed by atoms with E-state index in [-0.39, 0.29) is 22.6 Å². The fourth-order valence-electron chi connectivity index (χ4n) is 2.65. The molecule has 0 unspecified atom stereocenters. The molecule has 31 heavy (non-hydrogen) atoms. The first-order valence-electron chi connectivity index (χ1n) is 8.69. The molecule has 0 atom stereocenters. The van der Waals surface area contributed by atoms with Crippen LogP contribution in [-0.4, -0.2) is 35.7 Å².